The topological polar surface area (TPSA) is 57.6 Å². The third kappa shape index (κ3) is 4.21. The molecule has 0 bridgehead atoms. The molecule has 0 fully saturated rings. The van der Waals surface area contributed by atoms with Gasteiger partial charge in [0.1, 0.15) is 0 Å². The predicted octanol–water partition coefficient (Wildman–Crippen LogP) is 5.01. The molecule has 1 aliphatic rings. The molecule has 0 saturated carbocycles. The molecular weight excluding hydrogens is 382 g/mol. The van der Waals surface area contributed by atoms with Gasteiger partial charge in [0.05, 0.1) is 10.3 Å². The summed E-state index contributed by atoms with van der Waals surface area (Å²) in [6.07, 6.45) is 4.73. The van der Waals surface area contributed by atoms with Gasteiger partial charge in [-0.1, -0.05) is 43.7 Å². The predicted molar refractivity (Wildman–Crippen MR) is 119 cm³/mol. The van der Waals surface area contributed by atoms with Gasteiger partial charge < -0.3 is 10.0 Å². The van der Waals surface area contributed by atoms with Crippen LogP contribution in [0.5, 0.6) is 0 Å². The van der Waals surface area contributed by atoms with E-state index in [1.54, 1.807) is 6.92 Å². The van der Waals surface area contributed by atoms with Crippen LogP contribution in [0.1, 0.15) is 64.3 Å². The van der Waals surface area contributed by atoms with E-state index in [0.717, 1.165) is 46.5 Å². The largest absolute Gasteiger partial charge is 0.481 e. The van der Waals surface area contributed by atoms with E-state index in [-0.39, 0.29) is 5.78 Å². The summed E-state index contributed by atoms with van der Waals surface area (Å²) in [4.78, 5) is 28.8. The van der Waals surface area contributed by atoms with Crippen LogP contribution in [-0.2, 0) is 16.6 Å². The molecule has 1 N–H and O–H groups in total. The highest BCUT2D eigenvalue weighted by molar-refractivity contribution is 7.14. The second-order valence-corrected chi connectivity index (χ2v) is 9.26. The van der Waals surface area contributed by atoms with Crippen LogP contribution >= 0.6 is 11.3 Å². The van der Waals surface area contributed by atoms with E-state index in [1.165, 1.54) is 11.3 Å². The van der Waals surface area contributed by atoms with Crippen molar-refractivity contribution in [2.75, 3.05) is 20.6 Å². The molecule has 1 heterocycles. The number of Topliss-reactive ketones (excluding diaryl/α,β-unsaturated/α-hetero) is 1. The number of hydrogen-bond donors (Lipinski definition) is 1. The number of fused-ring (bicyclic) bond motifs is 2. The second-order valence-electron chi connectivity index (χ2n) is 8.21. The Morgan fingerprint density at radius 3 is 2.66 bits per heavy atom. The number of thiophene rings is 1. The highest BCUT2D eigenvalue weighted by Crippen LogP contribution is 2.43. The molecule has 1 aromatic carbocycles. The lowest BCUT2D eigenvalue weighted by molar-refractivity contribution is -0.143. The van der Waals surface area contributed by atoms with Crippen LogP contribution in [0.2, 0.25) is 0 Å². The minimum absolute atomic E-state index is 0.0731. The lowest BCUT2D eigenvalue weighted by Gasteiger charge is -2.22. The summed E-state index contributed by atoms with van der Waals surface area (Å²) in [5.41, 5.74) is 3.08. The second kappa shape index (κ2) is 8.64. The lowest BCUT2D eigenvalue weighted by atomic mass is 9.83. The molecule has 0 aliphatic heterocycles. The Labute approximate surface area is 176 Å². The van der Waals surface area contributed by atoms with Crippen LogP contribution in [-0.4, -0.2) is 42.4 Å². The zero-order valence-electron chi connectivity index (χ0n) is 17.6. The van der Waals surface area contributed by atoms with Gasteiger partial charge in [-0.2, -0.15) is 0 Å². The normalized spacial score (nSPS) is 17.0. The Balaban J connectivity index is 2.18. The van der Waals surface area contributed by atoms with Crippen molar-refractivity contribution >= 4 is 28.7 Å². The fraction of sp³-hybridized carbons (Fsp3) is 0.417. The SMILES string of the molecule is CCCC(C)(C(=O)O)c1cc2c(s1)C(=O)Cc1ccccc1/C2=C/CCN(C)C. The number of aliphatic carboxylic acids is 1. The van der Waals surface area contributed by atoms with Crippen molar-refractivity contribution in [3.8, 4) is 0 Å². The third-order valence-electron chi connectivity index (χ3n) is 5.62. The molecule has 0 amide bonds. The number of carboxylic acid groups (broad SMARTS) is 1. The minimum Gasteiger partial charge on any atom is -0.481 e. The van der Waals surface area contributed by atoms with Gasteiger partial charge in [-0.15, -0.1) is 11.3 Å². The molecule has 1 atom stereocenters. The maximum atomic E-state index is 13.1. The zero-order valence-corrected chi connectivity index (χ0v) is 18.4. The number of carbonyl (C=O) groups excluding carboxylic acids is 1. The van der Waals surface area contributed by atoms with Gasteiger partial charge >= 0.3 is 5.97 Å². The average molecular weight is 412 g/mol. The van der Waals surface area contributed by atoms with E-state index in [0.29, 0.717) is 17.7 Å². The minimum atomic E-state index is -0.972. The van der Waals surface area contributed by atoms with Gasteiger partial charge in [0.2, 0.25) is 0 Å². The molecule has 5 heteroatoms. The lowest BCUT2D eigenvalue weighted by Crippen LogP contribution is -2.31. The first-order chi connectivity index (χ1) is 13.8. The highest BCUT2D eigenvalue weighted by Gasteiger charge is 2.38. The standard InChI is InChI=1S/C24H29NO3S/c1-5-12-24(2,23(27)28)21-15-19-18(11-8-13-25(3)4)17-10-7-6-9-16(17)14-20(26)22(19)29-21/h6-7,9-11,15H,5,8,12-14H2,1-4H3,(H,27,28)/b18-11-. The molecule has 0 radical (unpaired) electrons. The van der Waals surface area contributed by atoms with E-state index in [4.69, 9.17) is 0 Å². The monoisotopic (exact) mass is 411 g/mol. The number of nitrogens with zero attached hydrogens (tertiary/aromatic N) is 1. The highest BCUT2D eigenvalue weighted by atomic mass is 32.1. The van der Waals surface area contributed by atoms with Crippen molar-refractivity contribution in [1.29, 1.82) is 0 Å². The first-order valence-corrected chi connectivity index (χ1v) is 10.9. The van der Waals surface area contributed by atoms with Crippen molar-refractivity contribution in [1.82, 2.24) is 4.90 Å². The number of rotatable bonds is 7. The Morgan fingerprint density at radius 2 is 2.00 bits per heavy atom. The molecule has 2 aromatic rings. The van der Waals surface area contributed by atoms with Gasteiger partial charge in [0, 0.05) is 23.4 Å². The maximum absolute atomic E-state index is 13.1. The van der Waals surface area contributed by atoms with Crippen LogP contribution in [0, 0.1) is 0 Å². The zero-order chi connectivity index (χ0) is 21.2. The Bertz CT molecular complexity index is 957. The molecule has 0 saturated heterocycles. The Morgan fingerprint density at radius 1 is 1.28 bits per heavy atom. The van der Waals surface area contributed by atoms with Crippen molar-refractivity contribution < 1.29 is 14.7 Å². The molecule has 154 valence electrons. The van der Waals surface area contributed by atoms with E-state index in [9.17, 15) is 14.7 Å². The fourth-order valence-corrected chi connectivity index (χ4v) is 5.20. The van der Waals surface area contributed by atoms with Crippen LogP contribution < -0.4 is 0 Å². The van der Waals surface area contributed by atoms with Crippen molar-refractivity contribution in [2.24, 2.45) is 0 Å². The van der Waals surface area contributed by atoms with Crippen molar-refractivity contribution in [2.45, 2.75) is 44.9 Å². The Kier molecular flexibility index (Phi) is 6.39. The first kappa shape index (κ1) is 21.5. The van der Waals surface area contributed by atoms with Gasteiger partial charge in [0.15, 0.2) is 5.78 Å². The third-order valence-corrected chi connectivity index (χ3v) is 7.06. The van der Waals surface area contributed by atoms with Gasteiger partial charge in [0.25, 0.3) is 0 Å². The van der Waals surface area contributed by atoms with E-state index >= 15 is 0 Å². The summed E-state index contributed by atoms with van der Waals surface area (Å²) in [7, 11) is 4.08. The van der Waals surface area contributed by atoms with E-state index < -0.39 is 11.4 Å². The summed E-state index contributed by atoms with van der Waals surface area (Å²) in [6, 6.07) is 10.0. The number of carboxylic acids is 1. The van der Waals surface area contributed by atoms with Gasteiger partial charge in [-0.25, -0.2) is 0 Å². The summed E-state index contributed by atoms with van der Waals surface area (Å²) >= 11 is 1.36. The van der Waals surface area contributed by atoms with Crippen LogP contribution in [0.25, 0.3) is 5.57 Å². The van der Waals surface area contributed by atoms with Crippen LogP contribution in [0.4, 0.5) is 0 Å². The van der Waals surface area contributed by atoms with Crippen LogP contribution in [0.15, 0.2) is 36.4 Å². The summed E-state index contributed by atoms with van der Waals surface area (Å²) in [5, 5.41) is 9.93. The molecular formula is C24H29NO3S. The number of benzene rings is 1. The van der Waals surface area contributed by atoms with Crippen molar-refractivity contribution in [3.05, 3.63) is 62.9 Å². The quantitative estimate of drug-likeness (QED) is 0.696. The summed E-state index contributed by atoms with van der Waals surface area (Å²) < 4.78 is 0. The smallest absolute Gasteiger partial charge is 0.314 e. The molecule has 1 aliphatic carbocycles. The molecule has 0 spiro atoms. The number of ketones is 1. The number of hydrogen-bond acceptors (Lipinski definition) is 4. The summed E-state index contributed by atoms with van der Waals surface area (Å²) in [5.74, 6) is -0.759. The maximum Gasteiger partial charge on any atom is 0.314 e. The van der Waals surface area contributed by atoms with Crippen molar-refractivity contribution in [3.63, 3.8) is 0 Å². The fourth-order valence-electron chi connectivity index (χ4n) is 3.93. The van der Waals surface area contributed by atoms with Crippen LogP contribution in [0.3, 0.4) is 0 Å². The van der Waals surface area contributed by atoms with E-state index in [1.807, 2.05) is 45.3 Å². The molecule has 1 unspecified atom stereocenters. The molecule has 1 aromatic heterocycles. The average Bonchev–Trinajstić information content (AvgIpc) is 3.07. The van der Waals surface area contributed by atoms with E-state index in [2.05, 4.69) is 17.0 Å². The molecule has 3 rings (SSSR count). The molecule has 29 heavy (non-hydrogen) atoms. The first-order valence-electron chi connectivity index (χ1n) is 10.1. The summed E-state index contributed by atoms with van der Waals surface area (Å²) in [6.45, 7) is 4.68. The van der Waals surface area contributed by atoms with Gasteiger partial charge in [-0.05, 0) is 56.6 Å². The molecule has 4 nitrogen and oxygen atoms in total. The Hall–Kier alpha value is -2.24. The van der Waals surface area contributed by atoms with Gasteiger partial charge in [-0.3, -0.25) is 9.59 Å². The number of carbonyl (C=O) groups is 2.